The molecule has 0 spiro atoms. The van der Waals surface area contributed by atoms with Gasteiger partial charge in [0, 0.05) is 23.5 Å². The van der Waals surface area contributed by atoms with Crippen molar-refractivity contribution in [3.05, 3.63) is 65.5 Å². The van der Waals surface area contributed by atoms with E-state index in [1.165, 1.54) is 11.1 Å². The summed E-state index contributed by atoms with van der Waals surface area (Å²) in [7, 11) is 3.31. The van der Waals surface area contributed by atoms with E-state index < -0.39 is 0 Å². The molecule has 6 heteroatoms. The van der Waals surface area contributed by atoms with Gasteiger partial charge >= 0.3 is 0 Å². The van der Waals surface area contributed by atoms with Crippen molar-refractivity contribution in [2.75, 3.05) is 19.5 Å². The van der Waals surface area contributed by atoms with Gasteiger partial charge in [0.15, 0.2) is 17.1 Å². The van der Waals surface area contributed by atoms with E-state index in [-0.39, 0.29) is 0 Å². The summed E-state index contributed by atoms with van der Waals surface area (Å²) < 4.78 is 12.8. The second kappa shape index (κ2) is 8.06. The van der Waals surface area contributed by atoms with Crippen LogP contribution in [-0.4, -0.2) is 28.8 Å². The number of anilines is 2. The zero-order chi connectivity index (χ0) is 21.3. The highest BCUT2D eigenvalue weighted by Gasteiger charge is 2.13. The predicted molar refractivity (Wildman–Crippen MR) is 120 cm³/mol. The SMILES string of the molecule is CCc1cc(Nc2ccn3ncc(-c4ccc(C)c(C)c4)c3n2)cc(OC)c1OC. The van der Waals surface area contributed by atoms with Gasteiger partial charge in [0.05, 0.1) is 20.4 Å². The minimum atomic E-state index is 0.695. The van der Waals surface area contributed by atoms with E-state index >= 15 is 0 Å². The maximum absolute atomic E-state index is 5.51. The topological polar surface area (TPSA) is 60.7 Å². The summed E-state index contributed by atoms with van der Waals surface area (Å²) in [5, 5.41) is 7.86. The van der Waals surface area contributed by atoms with Gasteiger partial charge in [0.1, 0.15) is 5.82 Å². The van der Waals surface area contributed by atoms with Crippen LogP contribution in [0.15, 0.2) is 48.8 Å². The molecule has 30 heavy (non-hydrogen) atoms. The molecule has 0 bridgehead atoms. The Kier molecular flexibility index (Phi) is 5.31. The molecule has 1 N–H and O–H groups in total. The number of methoxy groups -OCH3 is 2. The van der Waals surface area contributed by atoms with Gasteiger partial charge in [0.25, 0.3) is 0 Å². The Morgan fingerprint density at radius 2 is 1.83 bits per heavy atom. The summed E-state index contributed by atoms with van der Waals surface area (Å²) in [6.45, 7) is 6.32. The molecule has 2 heterocycles. The molecule has 0 saturated carbocycles. The number of aromatic nitrogens is 3. The van der Waals surface area contributed by atoms with E-state index in [1.807, 2.05) is 24.5 Å². The first-order chi connectivity index (χ1) is 14.5. The molecule has 0 aliphatic rings. The van der Waals surface area contributed by atoms with Crippen LogP contribution in [0.25, 0.3) is 16.8 Å². The van der Waals surface area contributed by atoms with Crippen molar-refractivity contribution in [3.63, 3.8) is 0 Å². The van der Waals surface area contributed by atoms with Crippen molar-refractivity contribution >= 4 is 17.2 Å². The molecule has 6 nitrogen and oxygen atoms in total. The van der Waals surface area contributed by atoms with Crippen molar-refractivity contribution < 1.29 is 9.47 Å². The first-order valence-corrected chi connectivity index (χ1v) is 9.98. The normalized spacial score (nSPS) is 11.0. The zero-order valence-corrected chi connectivity index (χ0v) is 18.0. The Morgan fingerprint density at radius 1 is 1.00 bits per heavy atom. The van der Waals surface area contributed by atoms with E-state index in [2.05, 4.69) is 55.5 Å². The van der Waals surface area contributed by atoms with Gasteiger partial charge in [-0.1, -0.05) is 25.1 Å². The van der Waals surface area contributed by atoms with Gasteiger partial charge in [-0.25, -0.2) is 9.50 Å². The van der Waals surface area contributed by atoms with E-state index in [0.29, 0.717) is 5.75 Å². The molecule has 2 aromatic carbocycles. The van der Waals surface area contributed by atoms with Crippen LogP contribution in [0, 0.1) is 13.8 Å². The lowest BCUT2D eigenvalue weighted by molar-refractivity contribution is 0.352. The highest BCUT2D eigenvalue weighted by molar-refractivity contribution is 5.78. The summed E-state index contributed by atoms with van der Waals surface area (Å²) in [6.07, 6.45) is 4.61. The third kappa shape index (κ3) is 3.56. The number of fused-ring (bicyclic) bond motifs is 1. The maximum atomic E-state index is 5.51. The largest absolute Gasteiger partial charge is 0.493 e. The summed E-state index contributed by atoms with van der Waals surface area (Å²) >= 11 is 0. The molecule has 154 valence electrons. The minimum absolute atomic E-state index is 0.695. The van der Waals surface area contributed by atoms with E-state index in [1.54, 1.807) is 18.7 Å². The van der Waals surface area contributed by atoms with Crippen molar-refractivity contribution in [2.45, 2.75) is 27.2 Å². The van der Waals surface area contributed by atoms with Gasteiger partial charge in [-0.05, 0) is 54.7 Å². The third-order valence-corrected chi connectivity index (χ3v) is 5.40. The number of benzene rings is 2. The van der Waals surface area contributed by atoms with Gasteiger partial charge in [0.2, 0.25) is 0 Å². The molecular weight excluding hydrogens is 376 g/mol. The highest BCUT2D eigenvalue weighted by Crippen LogP contribution is 2.36. The lowest BCUT2D eigenvalue weighted by atomic mass is 10.0. The van der Waals surface area contributed by atoms with Crippen molar-refractivity contribution in [1.82, 2.24) is 14.6 Å². The summed E-state index contributed by atoms with van der Waals surface area (Å²) in [5.74, 6) is 2.20. The Balaban J connectivity index is 1.73. The van der Waals surface area contributed by atoms with Crippen LogP contribution in [-0.2, 0) is 6.42 Å². The molecule has 0 fully saturated rings. The van der Waals surface area contributed by atoms with Crippen LogP contribution >= 0.6 is 0 Å². The molecule has 0 unspecified atom stereocenters. The molecule has 0 amide bonds. The second-order valence-electron chi connectivity index (χ2n) is 7.29. The fraction of sp³-hybridized carbons (Fsp3) is 0.250. The minimum Gasteiger partial charge on any atom is -0.493 e. The molecule has 4 aromatic rings. The Bertz CT molecular complexity index is 1190. The van der Waals surface area contributed by atoms with Crippen LogP contribution < -0.4 is 14.8 Å². The Morgan fingerprint density at radius 3 is 2.53 bits per heavy atom. The number of hydrogen-bond donors (Lipinski definition) is 1. The average Bonchev–Trinajstić information content (AvgIpc) is 3.18. The first-order valence-electron chi connectivity index (χ1n) is 9.98. The van der Waals surface area contributed by atoms with Gasteiger partial charge in [-0.3, -0.25) is 0 Å². The van der Waals surface area contributed by atoms with Gasteiger partial charge in [-0.2, -0.15) is 5.10 Å². The molecule has 4 rings (SSSR count). The fourth-order valence-corrected chi connectivity index (χ4v) is 3.58. The number of hydrogen-bond acceptors (Lipinski definition) is 5. The lowest BCUT2D eigenvalue weighted by Gasteiger charge is -2.15. The highest BCUT2D eigenvalue weighted by atomic mass is 16.5. The van der Waals surface area contributed by atoms with Crippen LogP contribution in [0.5, 0.6) is 11.5 Å². The van der Waals surface area contributed by atoms with Gasteiger partial charge in [-0.15, -0.1) is 0 Å². The predicted octanol–water partition coefficient (Wildman–Crippen LogP) is 5.34. The van der Waals surface area contributed by atoms with E-state index in [0.717, 1.165) is 46.0 Å². The lowest BCUT2D eigenvalue weighted by Crippen LogP contribution is -2.01. The van der Waals surface area contributed by atoms with Crippen molar-refractivity contribution in [1.29, 1.82) is 0 Å². The number of ether oxygens (including phenoxy) is 2. The van der Waals surface area contributed by atoms with Crippen LogP contribution in [0.4, 0.5) is 11.5 Å². The van der Waals surface area contributed by atoms with Gasteiger partial charge < -0.3 is 14.8 Å². The average molecular weight is 402 g/mol. The monoisotopic (exact) mass is 402 g/mol. The van der Waals surface area contributed by atoms with Crippen LogP contribution in [0.3, 0.4) is 0 Å². The third-order valence-electron chi connectivity index (χ3n) is 5.40. The molecular formula is C24H26N4O2. The molecule has 0 saturated heterocycles. The Hall–Kier alpha value is -3.54. The molecule has 0 aliphatic carbocycles. The molecule has 2 aromatic heterocycles. The van der Waals surface area contributed by atoms with E-state index in [9.17, 15) is 0 Å². The summed E-state index contributed by atoms with van der Waals surface area (Å²) in [5.41, 5.74) is 7.40. The molecule has 0 atom stereocenters. The second-order valence-corrected chi connectivity index (χ2v) is 7.29. The maximum Gasteiger partial charge on any atom is 0.165 e. The first kappa shape index (κ1) is 19.8. The fourth-order valence-electron chi connectivity index (χ4n) is 3.58. The molecule has 0 radical (unpaired) electrons. The number of aryl methyl sites for hydroxylation is 3. The summed E-state index contributed by atoms with van der Waals surface area (Å²) in [6, 6.07) is 12.3. The van der Waals surface area contributed by atoms with Crippen molar-refractivity contribution in [3.8, 4) is 22.6 Å². The molecule has 0 aliphatic heterocycles. The standard InChI is InChI=1S/C24H26N4O2/c1-6-17-12-19(13-21(29-4)23(17)30-5)26-22-9-10-28-24(27-22)20(14-25-28)18-8-7-15(2)16(3)11-18/h7-14H,6H2,1-5H3,(H,26,27). The Labute approximate surface area is 176 Å². The van der Waals surface area contributed by atoms with Crippen LogP contribution in [0.2, 0.25) is 0 Å². The van der Waals surface area contributed by atoms with Crippen molar-refractivity contribution in [2.24, 2.45) is 0 Å². The quantitative estimate of drug-likeness (QED) is 0.472. The number of nitrogens with zero attached hydrogens (tertiary/aromatic N) is 3. The smallest absolute Gasteiger partial charge is 0.165 e. The number of rotatable bonds is 6. The van der Waals surface area contributed by atoms with E-state index in [4.69, 9.17) is 14.5 Å². The summed E-state index contributed by atoms with van der Waals surface area (Å²) in [4.78, 5) is 4.83. The van der Waals surface area contributed by atoms with Crippen LogP contribution in [0.1, 0.15) is 23.6 Å². The zero-order valence-electron chi connectivity index (χ0n) is 18.0. The number of nitrogens with one attached hydrogen (secondary N) is 1.